The van der Waals surface area contributed by atoms with Crippen LogP contribution in [0.4, 0.5) is 10.3 Å². The molecule has 1 aliphatic heterocycles. The maximum Gasteiger partial charge on any atom is 0.223 e. The summed E-state index contributed by atoms with van der Waals surface area (Å²) in [4.78, 5) is 20.3. The second-order valence-corrected chi connectivity index (χ2v) is 8.11. The number of aryl methyl sites for hydroxylation is 1. The Morgan fingerprint density at radius 2 is 2.00 bits per heavy atom. The van der Waals surface area contributed by atoms with Crippen LogP contribution in [0.25, 0.3) is 33.4 Å². The third-order valence-electron chi connectivity index (χ3n) is 5.50. The number of halogens is 2. The maximum absolute atomic E-state index is 14.9. The lowest BCUT2D eigenvalue weighted by atomic mass is 10.0. The number of nitrogens with zero attached hydrogens (tertiary/aromatic N) is 4. The highest BCUT2D eigenvalue weighted by atomic mass is 35.5. The van der Waals surface area contributed by atoms with Gasteiger partial charge < -0.3 is 20.1 Å². The number of nitrogens with one attached hydrogen (secondary N) is 2. The van der Waals surface area contributed by atoms with Crippen molar-refractivity contribution < 1.29 is 14.2 Å². The second-order valence-electron chi connectivity index (χ2n) is 7.70. The summed E-state index contributed by atoms with van der Waals surface area (Å²) in [6.45, 7) is 2.70. The van der Waals surface area contributed by atoms with E-state index in [1.807, 2.05) is 13.0 Å². The van der Waals surface area contributed by atoms with Crippen molar-refractivity contribution in [2.45, 2.75) is 25.5 Å². The molecule has 2 atom stereocenters. The molecule has 0 saturated carbocycles. The van der Waals surface area contributed by atoms with Gasteiger partial charge in [0.25, 0.3) is 0 Å². The standard InChI is InChI=1S/C22H20ClFN6O2/c1-11-19(28-10-27-11)14-5-12-4-13(6-16(24)21(12)25-7-14)20-15(23)8-26-22(30-20)29-17-2-3-32-9-18(17)31/h4-8,10,17-18,31H,2-3,9H2,1H3,(H,27,28)(H,26,29,30)/t17-,18-/m1/s1. The van der Waals surface area contributed by atoms with Gasteiger partial charge in [0, 0.05) is 35.0 Å². The van der Waals surface area contributed by atoms with E-state index in [0.29, 0.717) is 35.6 Å². The third-order valence-corrected chi connectivity index (χ3v) is 5.77. The molecule has 0 aliphatic carbocycles. The molecule has 1 saturated heterocycles. The van der Waals surface area contributed by atoms with Gasteiger partial charge in [-0.3, -0.25) is 4.98 Å². The van der Waals surface area contributed by atoms with Crippen LogP contribution in [0.15, 0.2) is 36.9 Å². The average molecular weight is 455 g/mol. The van der Waals surface area contributed by atoms with Gasteiger partial charge in [0.15, 0.2) is 0 Å². The molecule has 0 unspecified atom stereocenters. The Bertz CT molecular complexity index is 1300. The summed E-state index contributed by atoms with van der Waals surface area (Å²) in [7, 11) is 0. The molecule has 164 valence electrons. The van der Waals surface area contributed by atoms with Crippen LogP contribution < -0.4 is 5.32 Å². The fraction of sp³-hybridized carbons (Fsp3) is 0.273. The second kappa shape index (κ2) is 8.42. The summed E-state index contributed by atoms with van der Waals surface area (Å²) in [5.41, 5.74) is 3.56. The third kappa shape index (κ3) is 3.90. The van der Waals surface area contributed by atoms with Gasteiger partial charge in [0.1, 0.15) is 11.3 Å². The van der Waals surface area contributed by atoms with Gasteiger partial charge in [-0.15, -0.1) is 0 Å². The Labute approximate surface area is 187 Å². The van der Waals surface area contributed by atoms with Crippen molar-refractivity contribution in [1.82, 2.24) is 24.9 Å². The zero-order chi connectivity index (χ0) is 22.2. The SMILES string of the molecule is Cc1[nH]cnc1-c1cnc2c(F)cc(-c3nc(N[C@@H]4CCOC[C@H]4O)ncc3Cl)cc2c1. The lowest BCUT2D eigenvalue weighted by molar-refractivity contribution is -0.0136. The van der Waals surface area contributed by atoms with Crippen LogP contribution >= 0.6 is 11.6 Å². The minimum absolute atomic E-state index is 0.241. The number of aliphatic hydroxyl groups is 1. The molecule has 4 heterocycles. The largest absolute Gasteiger partial charge is 0.389 e. The van der Waals surface area contributed by atoms with Crippen LogP contribution in [0.5, 0.6) is 0 Å². The summed E-state index contributed by atoms with van der Waals surface area (Å²) in [6, 6.07) is 4.74. The molecule has 0 spiro atoms. The Hall–Kier alpha value is -3.14. The molecule has 4 aromatic rings. The van der Waals surface area contributed by atoms with Crippen molar-refractivity contribution in [3.05, 3.63) is 53.5 Å². The van der Waals surface area contributed by atoms with Crippen molar-refractivity contribution >= 4 is 28.5 Å². The summed E-state index contributed by atoms with van der Waals surface area (Å²) >= 11 is 6.36. The number of H-pyrrole nitrogens is 1. The molecule has 32 heavy (non-hydrogen) atoms. The van der Waals surface area contributed by atoms with Gasteiger partial charge in [-0.25, -0.2) is 19.3 Å². The van der Waals surface area contributed by atoms with E-state index in [-0.39, 0.29) is 23.2 Å². The van der Waals surface area contributed by atoms with E-state index in [9.17, 15) is 9.50 Å². The van der Waals surface area contributed by atoms with Gasteiger partial charge in [-0.1, -0.05) is 11.6 Å². The Morgan fingerprint density at radius 3 is 2.78 bits per heavy atom. The number of hydrogen-bond donors (Lipinski definition) is 3. The molecule has 8 nitrogen and oxygen atoms in total. The molecule has 0 amide bonds. The first-order valence-electron chi connectivity index (χ1n) is 10.1. The predicted octanol–water partition coefficient (Wildman–Crippen LogP) is 3.74. The van der Waals surface area contributed by atoms with Crippen molar-refractivity contribution in [3.8, 4) is 22.5 Å². The van der Waals surface area contributed by atoms with Crippen molar-refractivity contribution in [1.29, 1.82) is 0 Å². The minimum atomic E-state index is -0.667. The summed E-state index contributed by atoms with van der Waals surface area (Å²) in [6.07, 6.45) is 4.62. The van der Waals surface area contributed by atoms with Gasteiger partial charge in [0.05, 0.1) is 47.7 Å². The predicted molar refractivity (Wildman–Crippen MR) is 119 cm³/mol. The summed E-state index contributed by atoms with van der Waals surface area (Å²) in [5.74, 6) is -0.179. The minimum Gasteiger partial charge on any atom is -0.389 e. The molecule has 0 bridgehead atoms. The number of anilines is 1. The average Bonchev–Trinajstić information content (AvgIpc) is 3.22. The molecule has 10 heteroatoms. The number of rotatable bonds is 4. The van der Waals surface area contributed by atoms with E-state index in [0.717, 1.165) is 17.0 Å². The fourth-order valence-electron chi connectivity index (χ4n) is 3.82. The zero-order valence-electron chi connectivity index (χ0n) is 17.1. The fourth-order valence-corrected chi connectivity index (χ4v) is 4.02. The first-order valence-corrected chi connectivity index (χ1v) is 10.5. The number of imidazole rings is 1. The Morgan fingerprint density at radius 1 is 1.16 bits per heavy atom. The number of fused-ring (bicyclic) bond motifs is 1. The number of aliphatic hydroxyl groups excluding tert-OH is 1. The van der Waals surface area contributed by atoms with Gasteiger partial charge in [0.2, 0.25) is 5.95 Å². The number of benzene rings is 1. The first-order chi connectivity index (χ1) is 15.5. The van der Waals surface area contributed by atoms with Crippen molar-refractivity contribution in [2.24, 2.45) is 0 Å². The highest BCUT2D eigenvalue weighted by Crippen LogP contribution is 2.32. The van der Waals surface area contributed by atoms with Crippen molar-refractivity contribution in [2.75, 3.05) is 18.5 Å². The molecule has 3 N–H and O–H groups in total. The molecule has 3 aromatic heterocycles. The number of hydrogen-bond acceptors (Lipinski definition) is 7. The van der Waals surface area contributed by atoms with E-state index in [4.69, 9.17) is 16.3 Å². The monoisotopic (exact) mass is 454 g/mol. The van der Waals surface area contributed by atoms with Crippen LogP contribution in [0.3, 0.4) is 0 Å². The number of ether oxygens (including phenoxy) is 1. The summed E-state index contributed by atoms with van der Waals surface area (Å²) in [5, 5.41) is 14.1. The molecule has 1 fully saturated rings. The van der Waals surface area contributed by atoms with Crippen LogP contribution in [0, 0.1) is 12.7 Å². The maximum atomic E-state index is 14.9. The van der Waals surface area contributed by atoms with Gasteiger partial charge >= 0.3 is 0 Å². The number of aromatic nitrogens is 5. The molecular weight excluding hydrogens is 435 g/mol. The van der Waals surface area contributed by atoms with E-state index in [1.165, 1.54) is 12.3 Å². The normalized spacial score (nSPS) is 18.8. The molecule has 0 radical (unpaired) electrons. The van der Waals surface area contributed by atoms with Crippen molar-refractivity contribution in [3.63, 3.8) is 0 Å². The first kappa shape index (κ1) is 20.7. The molecule has 1 aliphatic rings. The van der Waals surface area contributed by atoms with Crippen LogP contribution in [-0.2, 0) is 4.74 Å². The highest BCUT2D eigenvalue weighted by molar-refractivity contribution is 6.33. The van der Waals surface area contributed by atoms with Crippen LogP contribution in [0.1, 0.15) is 12.1 Å². The van der Waals surface area contributed by atoms with Gasteiger partial charge in [-0.05, 0) is 31.5 Å². The highest BCUT2D eigenvalue weighted by Gasteiger charge is 2.24. The Kier molecular flexibility index (Phi) is 5.46. The topological polar surface area (TPSA) is 109 Å². The van der Waals surface area contributed by atoms with E-state index >= 15 is 0 Å². The lowest BCUT2D eigenvalue weighted by Crippen LogP contribution is -2.42. The van der Waals surface area contributed by atoms with Crippen LogP contribution in [-0.4, -0.2) is 55.4 Å². The van der Waals surface area contributed by atoms with Crippen LogP contribution in [0.2, 0.25) is 5.02 Å². The molecule has 5 rings (SSSR count). The van der Waals surface area contributed by atoms with E-state index < -0.39 is 11.9 Å². The number of pyridine rings is 1. The zero-order valence-corrected chi connectivity index (χ0v) is 17.9. The van der Waals surface area contributed by atoms with Gasteiger partial charge in [-0.2, -0.15) is 0 Å². The molecular formula is C22H20ClFN6O2. The molecule has 1 aromatic carbocycles. The lowest BCUT2D eigenvalue weighted by Gasteiger charge is -2.28. The summed E-state index contributed by atoms with van der Waals surface area (Å²) < 4.78 is 20.2. The quantitative estimate of drug-likeness (QED) is 0.431. The smallest absolute Gasteiger partial charge is 0.223 e. The Balaban J connectivity index is 1.54. The van der Waals surface area contributed by atoms with E-state index in [1.54, 1.807) is 18.6 Å². The number of aromatic amines is 1. The van der Waals surface area contributed by atoms with E-state index in [2.05, 4.69) is 30.2 Å².